The normalized spacial score (nSPS) is 14.1. The molecule has 2 aliphatic heterocycles. The van der Waals surface area contributed by atoms with Crippen LogP contribution < -0.4 is 14.2 Å². The first-order chi connectivity index (χ1) is 16.1. The highest BCUT2D eigenvalue weighted by molar-refractivity contribution is 6.06. The van der Waals surface area contributed by atoms with Crippen molar-refractivity contribution in [3.05, 3.63) is 83.3 Å². The van der Waals surface area contributed by atoms with Crippen molar-refractivity contribution in [1.82, 2.24) is 9.88 Å². The number of carbonyl (C=O) groups excluding carboxylic acids is 1. The standard InChI is InChI=1S/C26H19FN2O4/c1-31-18-8-2-15(3-9-18)12-29-13-20-24(16-4-6-17(27)7-5-16)19-10-22-23(33-14-32-22)11-21(19)28-25(20)26(29)30/h2-11H,12-14H2,1H3. The second kappa shape index (κ2) is 7.48. The summed E-state index contributed by atoms with van der Waals surface area (Å²) >= 11 is 0. The number of hydrogen-bond acceptors (Lipinski definition) is 5. The van der Waals surface area contributed by atoms with E-state index in [0.717, 1.165) is 33.4 Å². The Hall–Kier alpha value is -4.13. The first kappa shape index (κ1) is 19.5. The van der Waals surface area contributed by atoms with Gasteiger partial charge in [0.2, 0.25) is 6.79 Å². The van der Waals surface area contributed by atoms with Crippen LogP contribution in [0.5, 0.6) is 17.2 Å². The third-order valence-corrected chi connectivity index (χ3v) is 6.08. The molecule has 0 saturated heterocycles. The van der Waals surface area contributed by atoms with E-state index in [1.54, 1.807) is 30.2 Å². The summed E-state index contributed by atoms with van der Waals surface area (Å²) in [6, 6.07) is 17.6. The average molecular weight is 442 g/mol. The Morgan fingerprint density at radius 2 is 1.76 bits per heavy atom. The maximum atomic E-state index is 13.7. The number of aromatic nitrogens is 1. The van der Waals surface area contributed by atoms with E-state index >= 15 is 0 Å². The Kier molecular flexibility index (Phi) is 4.43. The van der Waals surface area contributed by atoms with Gasteiger partial charge in [-0.2, -0.15) is 0 Å². The molecule has 164 valence electrons. The number of benzene rings is 3. The summed E-state index contributed by atoms with van der Waals surface area (Å²) in [5.74, 6) is 1.54. The number of halogens is 1. The molecule has 0 atom stereocenters. The summed E-state index contributed by atoms with van der Waals surface area (Å²) in [6.45, 7) is 0.997. The van der Waals surface area contributed by atoms with Crippen LogP contribution in [0.25, 0.3) is 22.0 Å². The van der Waals surface area contributed by atoms with Crippen LogP contribution >= 0.6 is 0 Å². The van der Waals surface area contributed by atoms with Gasteiger partial charge in [-0.3, -0.25) is 4.79 Å². The Morgan fingerprint density at radius 1 is 1.03 bits per heavy atom. The number of pyridine rings is 1. The van der Waals surface area contributed by atoms with Gasteiger partial charge in [0.25, 0.3) is 5.91 Å². The molecule has 2 aliphatic rings. The highest BCUT2D eigenvalue weighted by Crippen LogP contribution is 2.43. The smallest absolute Gasteiger partial charge is 0.273 e. The number of hydrogen-bond donors (Lipinski definition) is 0. The molecule has 0 fully saturated rings. The molecular formula is C26H19FN2O4. The van der Waals surface area contributed by atoms with Crippen molar-refractivity contribution in [3.63, 3.8) is 0 Å². The van der Waals surface area contributed by atoms with Gasteiger partial charge >= 0.3 is 0 Å². The Bertz CT molecular complexity index is 1400. The summed E-state index contributed by atoms with van der Waals surface area (Å²) < 4.78 is 30.0. The molecule has 33 heavy (non-hydrogen) atoms. The van der Waals surface area contributed by atoms with Crippen molar-refractivity contribution in [2.75, 3.05) is 13.9 Å². The van der Waals surface area contributed by atoms with Crippen LogP contribution in [-0.4, -0.2) is 29.7 Å². The summed E-state index contributed by atoms with van der Waals surface area (Å²) in [5.41, 5.74) is 4.54. The highest BCUT2D eigenvalue weighted by Gasteiger charge is 2.33. The minimum Gasteiger partial charge on any atom is -0.497 e. The number of ether oxygens (including phenoxy) is 3. The second-order valence-electron chi connectivity index (χ2n) is 8.05. The summed E-state index contributed by atoms with van der Waals surface area (Å²) in [6.07, 6.45) is 0. The Morgan fingerprint density at radius 3 is 2.48 bits per heavy atom. The van der Waals surface area contributed by atoms with Crippen LogP contribution in [0.4, 0.5) is 4.39 Å². The maximum absolute atomic E-state index is 13.7. The van der Waals surface area contributed by atoms with Crippen molar-refractivity contribution in [1.29, 1.82) is 0 Å². The van der Waals surface area contributed by atoms with E-state index in [-0.39, 0.29) is 18.5 Å². The van der Waals surface area contributed by atoms with Crippen LogP contribution in [-0.2, 0) is 13.1 Å². The quantitative estimate of drug-likeness (QED) is 0.448. The molecule has 6 nitrogen and oxygen atoms in total. The van der Waals surface area contributed by atoms with Gasteiger partial charge in [0.1, 0.15) is 17.3 Å². The highest BCUT2D eigenvalue weighted by atomic mass is 19.1. The fourth-order valence-electron chi connectivity index (χ4n) is 4.46. The Labute approximate surface area is 189 Å². The van der Waals surface area contributed by atoms with Crippen LogP contribution in [0.1, 0.15) is 21.6 Å². The fraction of sp³-hybridized carbons (Fsp3) is 0.154. The number of fused-ring (bicyclic) bond motifs is 3. The predicted molar refractivity (Wildman–Crippen MR) is 120 cm³/mol. The molecule has 1 amide bonds. The van der Waals surface area contributed by atoms with Gasteiger partial charge in [-0.25, -0.2) is 9.37 Å². The summed E-state index contributed by atoms with van der Waals surface area (Å²) in [5, 5.41) is 0.837. The molecule has 6 rings (SSSR count). The fourth-order valence-corrected chi connectivity index (χ4v) is 4.46. The third-order valence-electron chi connectivity index (χ3n) is 6.08. The zero-order chi connectivity index (χ0) is 22.5. The van der Waals surface area contributed by atoms with Crippen molar-refractivity contribution in [3.8, 4) is 28.4 Å². The molecule has 3 aromatic carbocycles. The predicted octanol–water partition coefficient (Wildman–Crippen LogP) is 4.93. The van der Waals surface area contributed by atoms with Gasteiger partial charge in [0.15, 0.2) is 11.5 Å². The van der Waals surface area contributed by atoms with Gasteiger partial charge < -0.3 is 19.1 Å². The molecule has 0 N–H and O–H groups in total. The first-order valence-electron chi connectivity index (χ1n) is 10.5. The topological polar surface area (TPSA) is 60.9 Å². The van der Waals surface area contributed by atoms with E-state index in [1.807, 2.05) is 30.3 Å². The van der Waals surface area contributed by atoms with Crippen molar-refractivity contribution >= 4 is 16.8 Å². The SMILES string of the molecule is COc1ccc(CN2Cc3c(nc4cc5c(cc4c3-c3ccc(F)cc3)OCO5)C2=O)cc1. The minimum atomic E-state index is -0.316. The molecular weight excluding hydrogens is 423 g/mol. The minimum absolute atomic E-state index is 0.135. The molecule has 3 heterocycles. The number of amides is 1. The molecule has 1 aromatic heterocycles. The van der Waals surface area contributed by atoms with Crippen LogP contribution in [0, 0.1) is 5.82 Å². The molecule has 0 aliphatic carbocycles. The van der Waals surface area contributed by atoms with Gasteiger partial charge in [0, 0.05) is 30.1 Å². The lowest BCUT2D eigenvalue weighted by atomic mass is 9.94. The molecule has 0 bridgehead atoms. The lowest BCUT2D eigenvalue weighted by Gasteiger charge is -2.16. The first-order valence-corrected chi connectivity index (χ1v) is 10.5. The summed E-state index contributed by atoms with van der Waals surface area (Å²) in [7, 11) is 1.62. The maximum Gasteiger partial charge on any atom is 0.273 e. The van der Waals surface area contributed by atoms with Gasteiger partial charge in [-0.1, -0.05) is 24.3 Å². The monoisotopic (exact) mass is 442 g/mol. The second-order valence-corrected chi connectivity index (χ2v) is 8.05. The van der Waals surface area contributed by atoms with E-state index in [4.69, 9.17) is 19.2 Å². The van der Waals surface area contributed by atoms with Gasteiger partial charge in [-0.15, -0.1) is 0 Å². The van der Waals surface area contributed by atoms with E-state index in [0.29, 0.717) is 35.8 Å². The number of carbonyl (C=O) groups is 1. The summed E-state index contributed by atoms with van der Waals surface area (Å²) in [4.78, 5) is 19.8. The number of methoxy groups -OCH3 is 1. The van der Waals surface area contributed by atoms with Crippen LogP contribution in [0.15, 0.2) is 60.7 Å². The zero-order valence-corrected chi connectivity index (χ0v) is 17.8. The average Bonchev–Trinajstić information content (AvgIpc) is 3.41. The molecule has 0 radical (unpaired) electrons. The van der Waals surface area contributed by atoms with Gasteiger partial charge in [-0.05, 0) is 47.0 Å². The van der Waals surface area contributed by atoms with E-state index in [1.165, 1.54) is 12.1 Å². The van der Waals surface area contributed by atoms with Crippen molar-refractivity contribution < 1.29 is 23.4 Å². The lowest BCUT2D eigenvalue weighted by Crippen LogP contribution is -2.23. The van der Waals surface area contributed by atoms with Gasteiger partial charge in [0.05, 0.1) is 12.6 Å². The molecule has 4 aromatic rings. The van der Waals surface area contributed by atoms with Crippen molar-refractivity contribution in [2.45, 2.75) is 13.1 Å². The lowest BCUT2D eigenvalue weighted by molar-refractivity contribution is 0.0762. The molecule has 0 saturated carbocycles. The molecule has 0 unspecified atom stereocenters. The van der Waals surface area contributed by atoms with E-state index in [2.05, 4.69) is 0 Å². The molecule has 7 heteroatoms. The molecule has 0 spiro atoms. The zero-order valence-electron chi connectivity index (χ0n) is 17.8. The van der Waals surface area contributed by atoms with E-state index < -0.39 is 0 Å². The van der Waals surface area contributed by atoms with Crippen LogP contribution in [0.3, 0.4) is 0 Å². The van der Waals surface area contributed by atoms with Crippen molar-refractivity contribution in [2.24, 2.45) is 0 Å². The number of rotatable bonds is 4. The number of nitrogens with zero attached hydrogens (tertiary/aromatic N) is 2. The van der Waals surface area contributed by atoms with Crippen LogP contribution in [0.2, 0.25) is 0 Å². The Balaban J connectivity index is 1.48. The largest absolute Gasteiger partial charge is 0.497 e. The third kappa shape index (κ3) is 3.24. The van der Waals surface area contributed by atoms with E-state index in [9.17, 15) is 9.18 Å².